The third-order valence-electron chi connectivity index (χ3n) is 4.44. The van der Waals surface area contributed by atoms with E-state index in [1.54, 1.807) is 0 Å². The van der Waals surface area contributed by atoms with Crippen LogP contribution >= 0.6 is 12.2 Å². The Hall–Kier alpha value is -2.51. The summed E-state index contributed by atoms with van der Waals surface area (Å²) in [6.07, 6.45) is 0. The molecule has 3 aromatic rings. The van der Waals surface area contributed by atoms with Crippen LogP contribution in [0.2, 0.25) is 0 Å². The van der Waals surface area contributed by atoms with Crippen LogP contribution in [0.1, 0.15) is 31.3 Å². The maximum Gasteiger partial charge on any atom is 0.247 e. The average molecular weight is 368 g/mol. The Morgan fingerprint density at radius 2 is 1.88 bits per heavy atom. The average Bonchev–Trinajstić information content (AvgIpc) is 3.19. The molecule has 4 rings (SSSR count). The van der Waals surface area contributed by atoms with Crippen LogP contribution < -0.4 is 13.8 Å². The van der Waals surface area contributed by atoms with Gasteiger partial charge < -0.3 is 13.5 Å². The largest absolute Gasteiger partial charge is 0.419 e. The van der Waals surface area contributed by atoms with Crippen LogP contribution in [0.15, 0.2) is 52.9 Å². The Morgan fingerprint density at radius 3 is 2.65 bits per heavy atom. The van der Waals surface area contributed by atoms with Crippen molar-refractivity contribution < 1.29 is 8.60 Å². The number of fused-ring (bicyclic) bond motifs is 1. The van der Waals surface area contributed by atoms with Crippen molar-refractivity contribution >= 4 is 17.9 Å². The first-order valence-corrected chi connectivity index (χ1v) is 9.41. The zero-order valence-electron chi connectivity index (χ0n) is 14.7. The van der Waals surface area contributed by atoms with Gasteiger partial charge in [-0.15, -0.1) is 10.2 Å². The molecule has 0 amide bonds. The van der Waals surface area contributed by atoms with Crippen LogP contribution in [0.3, 0.4) is 0 Å². The van der Waals surface area contributed by atoms with Gasteiger partial charge in [0.15, 0.2) is 0 Å². The van der Waals surface area contributed by atoms with E-state index >= 15 is 0 Å². The molecule has 7 heteroatoms. The number of anilines is 1. The van der Waals surface area contributed by atoms with E-state index in [0.717, 1.165) is 35.7 Å². The highest BCUT2D eigenvalue weighted by Gasteiger charge is 2.29. The summed E-state index contributed by atoms with van der Waals surface area (Å²) in [4.78, 5) is 2.28. The number of hydrogen-bond acceptors (Lipinski definition) is 7. The van der Waals surface area contributed by atoms with Gasteiger partial charge in [-0.05, 0) is 32.0 Å². The molecule has 2 aromatic carbocycles. The Labute approximate surface area is 156 Å². The van der Waals surface area contributed by atoms with Gasteiger partial charge in [0.2, 0.25) is 11.8 Å². The van der Waals surface area contributed by atoms with Crippen LogP contribution in [0.5, 0.6) is 5.75 Å². The standard InChI is InChI=1S/C19H20N4O2S/c1-3-23(4-2)14-10-11-15-16(12-14)25-26-22-17(15)19-21-20-18(24-19)13-8-6-5-7-9-13/h5-12,17,22H,3-4H2,1-2H3. The fourth-order valence-corrected chi connectivity index (χ4v) is 3.64. The number of benzene rings is 2. The van der Waals surface area contributed by atoms with Crippen molar-refractivity contribution in [2.75, 3.05) is 18.0 Å². The molecule has 1 aromatic heterocycles. The molecule has 1 atom stereocenters. The van der Waals surface area contributed by atoms with Crippen molar-refractivity contribution in [1.82, 2.24) is 14.9 Å². The zero-order valence-corrected chi connectivity index (χ0v) is 15.5. The molecule has 1 aliphatic heterocycles. The molecule has 134 valence electrons. The molecule has 0 bridgehead atoms. The summed E-state index contributed by atoms with van der Waals surface area (Å²) in [6.45, 7) is 6.20. The normalized spacial score (nSPS) is 16.0. The maximum atomic E-state index is 5.92. The number of hydrogen-bond donors (Lipinski definition) is 1. The van der Waals surface area contributed by atoms with Gasteiger partial charge in [0.1, 0.15) is 24.0 Å². The lowest BCUT2D eigenvalue weighted by molar-refractivity contribution is 0.455. The SMILES string of the molecule is CCN(CC)c1ccc2c(c1)OSNC2c1nnc(-c2ccccc2)o1. The van der Waals surface area contributed by atoms with Crippen LogP contribution in [-0.2, 0) is 0 Å². The van der Waals surface area contributed by atoms with Crippen LogP contribution in [0.25, 0.3) is 11.5 Å². The summed E-state index contributed by atoms with van der Waals surface area (Å²) in [5.41, 5.74) is 3.04. The first-order valence-electron chi connectivity index (χ1n) is 8.67. The number of aromatic nitrogens is 2. The van der Waals surface area contributed by atoms with E-state index in [0.29, 0.717) is 11.8 Å². The highest BCUT2D eigenvalue weighted by Crippen LogP contribution is 2.39. The minimum absolute atomic E-state index is 0.209. The predicted molar refractivity (Wildman–Crippen MR) is 103 cm³/mol. The van der Waals surface area contributed by atoms with Gasteiger partial charge in [0, 0.05) is 36.0 Å². The predicted octanol–water partition coefficient (Wildman–Crippen LogP) is 4.22. The molecule has 0 saturated carbocycles. The molecule has 2 heterocycles. The van der Waals surface area contributed by atoms with E-state index in [-0.39, 0.29) is 6.04 Å². The van der Waals surface area contributed by atoms with E-state index in [4.69, 9.17) is 8.60 Å². The zero-order chi connectivity index (χ0) is 17.9. The highest BCUT2D eigenvalue weighted by atomic mass is 32.2. The van der Waals surface area contributed by atoms with Gasteiger partial charge in [0.25, 0.3) is 0 Å². The first kappa shape index (κ1) is 16.9. The van der Waals surface area contributed by atoms with E-state index in [9.17, 15) is 0 Å². The number of nitrogens with zero attached hydrogens (tertiary/aromatic N) is 3. The topological polar surface area (TPSA) is 63.4 Å². The molecule has 6 nitrogen and oxygen atoms in total. The van der Waals surface area contributed by atoms with Gasteiger partial charge in [-0.3, -0.25) is 0 Å². The Kier molecular flexibility index (Phi) is 4.81. The Morgan fingerprint density at radius 1 is 1.08 bits per heavy atom. The van der Waals surface area contributed by atoms with Crippen molar-refractivity contribution in [1.29, 1.82) is 0 Å². The lowest BCUT2D eigenvalue weighted by atomic mass is 10.1. The first-order chi connectivity index (χ1) is 12.8. The second-order valence-corrected chi connectivity index (χ2v) is 6.49. The summed E-state index contributed by atoms with van der Waals surface area (Å²) in [5.74, 6) is 1.86. The molecular weight excluding hydrogens is 348 g/mol. The van der Waals surface area contributed by atoms with Crippen molar-refractivity contribution in [2.45, 2.75) is 19.9 Å². The smallest absolute Gasteiger partial charge is 0.247 e. The van der Waals surface area contributed by atoms with E-state index in [1.807, 2.05) is 30.3 Å². The second kappa shape index (κ2) is 7.39. The third kappa shape index (κ3) is 3.15. The molecule has 1 aliphatic rings. The summed E-state index contributed by atoms with van der Waals surface area (Å²) < 4.78 is 14.9. The molecule has 0 spiro atoms. The quantitative estimate of drug-likeness (QED) is 0.534. The fraction of sp³-hybridized carbons (Fsp3) is 0.263. The molecule has 1 unspecified atom stereocenters. The van der Waals surface area contributed by atoms with Crippen LogP contribution in [0.4, 0.5) is 5.69 Å². The second-order valence-electron chi connectivity index (χ2n) is 5.92. The van der Waals surface area contributed by atoms with Crippen molar-refractivity contribution in [3.05, 3.63) is 60.0 Å². The van der Waals surface area contributed by atoms with Gasteiger partial charge in [0.05, 0.1) is 0 Å². The summed E-state index contributed by atoms with van der Waals surface area (Å²) >= 11 is 1.18. The Balaban J connectivity index is 1.65. The summed E-state index contributed by atoms with van der Waals surface area (Å²) in [7, 11) is 0. The molecule has 0 fully saturated rings. The highest BCUT2D eigenvalue weighted by molar-refractivity contribution is 7.93. The van der Waals surface area contributed by atoms with Gasteiger partial charge in [-0.25, -0.2) is 4.72 Å². The van der Waals surface area contributed by atoms with E-state index < -0.39 is 0 Å². The fourth-order valence-electron chi connectivity index (χ4n) is 3.03. The maximum absolute atomic E-state index is 5.92. The summed E-state index contributed by atoms with van der Waals surface area (Å²) in [6, 6.07) is 15.8. The minimum Gasteiger partial charge on any atom is -0.419 e. The third-order valence-corrected chi connectivity index (χ3v) is 5.04. The van der Waals surface area contributed by atoms with Crippen molar-refractivity contribution in [3.63, 3.8) is 0 Å². The van der Waals surface area contributed by atoms with Gasteiger partial charge in [-0.2, -0.15) is 0 Å². The van der Waals surface area contributed by atoms with Crippen molar-refractivity contribution in [2.24, 2.45) is 0 Å². The molecule has 0 radical (unpaired) electrons. The number of rotatable bonds is 5. The van der Waals surface area contributed by atoms with Crippen molar-refractivity contribution in [3.8, 4) is 17.2 Å². The molecular formula is C19H20N4O2S. The van der Waals surface area contributed by atoms with Gasteiger partial charge in [-0.1, -0.05) is 24.3 Å². The van der Waals surface area contributed by atoms with Crippen LogP contribution in [0, 0.1) is 0 Å². The monoisotopic (exact) mass is 368 g/mol. The Bertz CT molecular complexity index is 880. The lowest BCUT2D eigenvalue weighted by Crippen LogP contribution is -2.24. The molecule has 0 aliphatic carbocycles. The molecule has 0 saturated heterocycles. The summed E-state index contributed by atoms with van der Waals surface area (Å²) in [5, 5.41) is 8.44. The number of nitrogens with one attached hydrogen (secondary N) is 1. The van der Waals surface area contributed by atoms with E-state index in [1.165, 1.54) is 12.2 Å². The van der Waals surface area contributed by atoms with E-state index in [2.05, 4.69) is 51.9 Å². The molecule has 26 heavy (non-hydrogen) atoms. The minimum atomic E-state index is -0.209. The lowest BCUT2D eigenvalue weighted by Gasteiger charge is -2.26. The van der Waals surface area contributed by atoms with Gasteiger partial charge >= 0.3 is 0 Å². The molecule has 1 N–H and O–H groups in total. The van der Waals surface area contributed by atoms with Crippen LogP contribution in [-0.4, -0.2) is 23.3 Å².